The minimum absolute atomic E-state index is 0.0659. The van der Waals surface area contributed by atoms with Crippen LogP contribution in [0.1, 0.15) is 26.3 Å². The van der Waals surface area contributed by atoms with Crippen LogP contribution < -0.4 is 5.32 Å². The van der Waals surface area contributed by atoms with E-state index >= 15 is 0 Å². The number of carbonyl (C=O) groups excluding carboxylic acids is 2. The van der Waals surface area contributed by atoms with Gasteiger partial charge in [0, 0.05) is 11.2 Å². The molecule has 0 saturated carbocycles. The smallest absolute Gasteiger partial charge is 0.418 e. The molecule has 35 heavy (non-hydrogen) atoms. The monoisotopic (exact) mass is 508 g/mol. The molecule has 0 atom stereocenters. The summed E-state index contributed by atoms with van der Waals surface area (Å²) in [5, 5.41) is 2.08. The predicted octanol–water partition coefficient (Wildman–Crippen LogP) is 6.60. The molecule has 0 aliphatic carbocycles. The zero-order valence-electron chi connectivity index (χ0n) is 17.7. The number of aromatic nitrogens is 1. The summed E-state index contributed by atoms with van der Waals surface area (Å²) in [5.74, 6) is -4.29. The van der Waals surface area contributed by atoms with Crippen molar-refractivity contribution in [2.45, 2.75) is 6.18 Å². The standard InChI is InChI=1S/C24H14ClF5N2O3/c1-35-23(34)16-10-9-14-11-17(24(28,29)30)20(32(14)21(16)25)12-5-7-13(8-6-12)31-22(33)15-3-2-4-18(26)19(15)27/h2-11H,1H3,(H,31,33). The lowest BCUT2D eigenvalue weighted by molar-refractivity contribution is -0.137. The van der Waals surface area contributed by atoms with Gasteiger partial charge in [0.15, 0.2) is 11.6 Å². The number of pyridine rings is 1. The fraction of sp³-hybridized carbons (Fsp3) is 0.0833. The molecule has 1 amide bonds. The molecule has 11 heteroatoms. The molecule has 180 valence electrons. The van der Waals surface area contributed by atoms with Gasteiger partial charge < -0.3 is 10.1 Å². The van der Waals surface area contributed by atoms with E-state index in [9.17, 15) is 31.5 Å². The molecule has 0 aliphatic heterocycles. The summed E-state index contributed by atoms with van der Waals surface area (Å²) in [6.45, 7) is 0. The molecule has 0 bridgehead atoms. The lowest BCUT2D eigenvalue weighted by Gasteiger charge is -2.13. The number of ether oxygens (including phenoxy) is 1. The number of halogens is 6. The summed E-state index contributed by atoms with van der Waals surface area (Å²) in [4.78, 5) is 24.3. The third-order valence-electron chi connectivity index (χ3n) is 5.19. The van der Waals surface area contributed by atoms with Crippen molar-refractivity contribution < 1.29 is 36.3 Å². The topological polar surface area (TPSA) is 59.8 Å². The van der Waals surface area contributed by atoms with Crippen molar-refractivity contribution in [2.75, 3.05) is 12.4 Å². The van der Waals surface area contributed by atoms with E-state index in [4.69, 9.17) is 11.6 Å². The highest BCUT2D eigenvalue weighted by Crippen LogP contribution is 2.41. The molecule has 0 spiro atoms. The van der Waals surface area contributed by atoms with Gasteiger partial charge in [0.05, 0.1) is 29.5 Å². The first-order chi connectivity index (χ1) is 16.5. The zero-order valence-corrected chi connectivity index (χ0v) is 18.5. The SMILES string of the molecule is COC(=O)c1ccc2cc(C(F)(F)F)c(-c3ccc(NC(=O)c4cccc(F)c4F)cc3)n2c1Cl. The van der Waals surface area contributed by atoms with Gasteiger partial charge in [0.2, 0.25) is 0 Å². The largest absolute Gasteiger partial charge is 0.465 e. The number of nitrogens with zero attached hydrogens (tertiary/aromatic N) is 1. The van der Waals surface area contributed by atoms with Crippen LogP contribution in [-0.4, -0.2) is 23.4 Å². The number of benzene rings is 2. The quantitative estimate of drug-likeness (QED) is 0.192. The number of amides is 1. The number of nitrogens with one attached hydrogen (secondary N) is 1. The van der Waals surface area contributed by atoms with Crippen molar-refractivity contribution in [3.8, 4) is 11.3 Å². The lowest BCUT2D eigenvalue weighted by Crippen LogP contribution is -2.14. The van der Waals surface area contributed by atoms with Gasteiger partial charge in [-0.3, -0.25) is 9.20 Å². The molecule has 0 unspecified atom stereocenters. The first kappa shape index (κ1) is 24.2. The van der Waals surface area contributed by atoms with Gasteiger partial charge >= 0.3 is 12.1 Å². The Morgan fingerprint density at radius 2 is 1.66 bits per heavy atom. The zero-order chi connectivity index (χ0) is 25.5. The first-order valence-electron chi connectivity index (χ1n) is 9.88. The molecule has 4 rings (SSSR count). The average Bonchev–Trinajstić information content (AvgIpc) is 3.22. The van der Waals surface area contributed by atoms with Crippen LogP contribution in [0.5, 0.6) is 0 Å². The van der Waals surface area contributed by atoms with Crippen molar-refractivity contribution in [3.05, 3.63) is 94.1 Å². The Morgan fingerprint density at radius 1 is 0.971 bits per heavy atom. The minimum Gasteiger partial charge on any atom is -0.465 e. The summed E-state index contributed by atoms with van der Waals surface area (Å²) < 4.78 is 74.6. The van der Waals surface area contributed by atoms with Crippen LogP contribution in [0.4, 0.5) is 27.6 Å². The van der Waals surface area contributed by atoms with Crippen molar-refractivity contribution in [3.63, 3.8) is 0 Å². The van der Waals surface area contributed by atoms with Gasteiger partial charge in [0.1, 0.15) is 5.15 Å². The van der Waals surface area contributed by atoms with E-state index in [0.717, 1.165) is 29.7 Å². The Morgan fingerprint density at radius 3 is 2.29 bits per heavy atom. The van der Waals surface area contributed by atoms with Crippen LogP contribution in [0.25, 0.3) is 16.8 Å². The molecule has 5 nitrogen and oxygen atoms in total. The highest BCUT2D eigenvalue weighted by atomic mass is 35.5. The van der Waals surface area contributed by atoms with Crippen molar-refractivity contribution in [2.24, 2.45) is 0 Å². The maximum atomic E-state index is 13.9. The predicted molar refractivity (Wildman–Crippen MR) is 118 cm³/mol. The first-order valence-corrected chi connectivity index (χ1v) is 10.3. The maximum Gasteiger partial charge on any atom is 0.418 e. The summed E-state index contributed by atoms with van der Waals surface area (Å²) >= 11 is 6.30. The molecule has 2 heterocycles. The summed E-state index contributed by atoms with van der Waals surface area (Å²) in [6, 6.07) is 11.7. The number of methoxy groups -OCH3 is 1. The van der Waals surface area contributed by atoms with Gasteiger partial charge in [-0.25, -0.2) is 13.6 Å². The van der Waals surface area contributed by atoms with Crippen molar-refractivity contribution >= 4 is 34.7 Å². The average molecular weight is 509 g/mol. The van der Waals surface area contributed by atoms with E-state index in [1.54, 1.807) is 0 Å². The number of esters is 1. The van der Waals surface area contributed by atoms with E-state index in [1.807, 2.05) is 0 Å². The molecular weight excluding hydrogens is 495 g/mol. The van der Waals surface area contributed by atoms with Crippen LogP contribution in [0, 0.1) is 11.6 Å². The number of alkyl halides is 3. The third kappa shape index (κ3) is 4.44. The summed E-state index contributed by atoms with van der Waals surface area (Å²) in [5.41, 5.74) is -1.72. The van der Waals surface area contributed by atoms with E-state index in [-0.39, 0.29) is 33.2 Å². The van der Waals surface area contributed by atoms with Gasteiger partial charge in [-0.1, -0.05) is 29.8 Å². The van der Waals surface area contributed by atoms with Gasteiger partial charge in [-0.15, -0.1) is 0 Å². The van der Waals surface area contributed by atoms with Gasteiger partial charge in [-0.2, -0.15) is 13.2 Å². The normalized spacial score (nSPS) is 11.5. The molecule has 2 aromatic carbocycles. The third-order valence-corrected chi connectivity index (χ3v) is 5.56. The molecule has 0 radical (unpaired) electrons. The maximum absolute atomic E-state index is 13.9. The Bertz CT molecular complexity index is 1460. The highest BCUT2D eigenvalue weighted by molar-refractivity contribution is 6.33. The Kier molecular flexibility index (Phi) is 6.25. The van der Waals surface area contributed by atoms with Crippen LogP contribution in [0.15, 0.2) is 60.7 Å². The van der Waals surface area contributed by atoms with Crippen LogP contribution in [0.3, 0.4) is 0 Å². The number of fused-ring (bicyclic) bond motifs is 1. The second-order valence-corrected chi connectivity index (χ2v) is 7.68. The number of hydrogen-bond acceptors (Lipinski definition) is 3. The molecule has 1 N–H and O–H groups in total. The molecule has 0 aliphatic rings. The molecule has 0 saturated heterocycles. The van der Waals surface area contributed by atoms with E-state index in [1.165, 1.54) is 42.5 Å². The summed E-state index contributed by atoms with van der Waals surface area (Å²) in [6.07, 6.45) is -4.75. The molecule has 2 aromatic heterocycles. The Balaban J connectivity index is 1.78. The van der Waals surface area contributed by atoms with Gasteiger partial charge in [0.25, 0.3) is 5.91 Å². The number of rotatable bonds is 4. The number of carbonyl (C=O) groups is 2. The molecule has 0 fully saturated rings. The highest BCUT2D eigenvalue weighted by Gasteiger charge is 2.37. The fourth-order valence-corrected chi connectivity index (χ4v) is 3.90. The second kappa shape index (κ2) is 9.03. The van der Waals surface area contributed by atoms with Gasteiger partial charge in [-0.05, 0) is 48.0 Å². The van der Waals surface area contributed by atoms with E-state index in [2.05, 4.69) is 10.1 Å². The second-order valence-electron chi connectivity index (χ2n) is 7.33. The molecular formula is C24H14ClF5N2O3. The fourth-order valence-electron chi connectivity index (χ4n) is 3.57. The number of anilines is 1. The van der Waals surface area contributed by atoms with Crippen LogP contribution in [0.2, 0.25) is 5.15 Å². The Hall–Kier alpha value is -3.92. The van der Waals surface area contributed by atoms with Crippen molar-refractivity contribution in [1.29, 1.82) is 0 Å². The number of hydrogen-bond donors (Lipinski definition) is 1. The Labute approximate surface area is 199 Å². The molecule has 4 aromatic rings. The lowest BCUT2D eigenvalue weighted by atomic mass is 10.1. The van der Waals surface area contributed by atoms with Crippen LogP contribution in [-0.2, 0) is 10.9 Å². The van der Waals surface area contributed by atoms with Crippen LogP contribution >= 0.6 is 11.6 Å². The van der Waals surface area contributed by atoms with E-state index < -0.39 is 40.8 Å². The summed E-state index contributed by atoms with van der Waals surface area (Å²) in [7, 11) is 1.11. The van der Waals surface area contributed by atoms with Crippen molar-refractivity contribution in [1.82, 2.24) is 4.40 Å². The minimum atomic E-state index is -4.75. The van der Waals surface area contributed by atoms with E-state index in [0.29, 0.717) is 0 Å².